The molecule has 278 valence electrons. The second kappa shape index (κ2) is 22.8. The summed E-state index contributed by atoms with van der Waals surface area (Å²) in [6.07, 6.45) is 0.376. The Hall–Kier alpha value is -3.69. The number of nitrogens with zero attached hydrogens (tertiary/aromatic N) is 1. The number of halogens is 1. The molecule has 0 aliphatic carbocycles. The first-order valence-electron chi connectivity index (χ1n) is 16.6. The van der Waals surface area contributed by atoms with Crippen LogP contribution in [0.25, 0.3) is 0 Å². The Morgan fingerprint density at radius 2 is 0.938 bits per heavy atom. The minimum atomic E-state index is -2.29. The molecule has 1 atom stereocenters. The maximum atomic E-state index is 14.2. The van der Waals surface area contributed by atoms with Crippen molar-refractivity contribution in [3.63, 3.8) is 0 Å². The number of alkyl carbamates (subject to hydrolysis) is 3. The fourth-order valence-corrected chi connectivity index (χ4v) is 3.63. The molecule has 0 heterocycles. The van der Waals surface area contributed by atoms with Crippen LogP contribution in [0.4, 0.5) is 18.8 Å². The Morgan fingerprint density at radius 3 is 1.44 bits per heavy atom. The summed E-state index contributed by atoms with van der Waals surface area (Å²) in [5, 5.41) is 15.6. The second-order valence-electron chi connectivity index (χ2n) is 14.1. The molecular weight excluding hydrogens is 629 g/mol. The third-order valence-electron chi connectivity index (χ3n) is 5.63. The third kappa shape index (κ3) is 27.4. The van der Waals surface area contributed by atoms with Crippen LogP contribution in [-0.4, -0.2) is 98.3 Å². The lowest BCUT2D eigenvalue weighted by atomic mass is 10.2. The van der Waals surface area contributed by atoms with E-state index in [9.17, 15) is 28.4 Å². The van der Waals surface area contributed by atoms with Gasteiger partial charge in [-0.15, -0.1) is 0 Å². The van der Waals surface area contributed by atoms with Gasteiger partial charge >= 0.3 is 18.3 Å². The van der Waals surface area contributed by atoms with Crippen LogP contribution in [0, 0.1) is 0 Å². The maximum absolute atomic E-state index is 14.2. The van der Waals surface area contributed by atoms with Crippen molar-refractivity contribution in [2.24, 2.45) is 4.99 Å². The Labute approximate surface area is 285 Å². The number of ether oxygens (including phenoxy) is 3. The largest absolute Gasteiger partial charge is 0.444 e. The highest BCUT2D eigenvalue weighted by Crippen LogP contribution is 2.08. The van der Waals surface area contributed by atoms with Gasteiger partial charge in [0, 0.05) is 26.2 Å². The van der Waals surface area contributed by atoms with Gasteiger partial charge in [0.2, 0.25) is 5.96 Å². The molecular formula is C32H60FN7O8. The summed E-state index contributed by atoms with van der Waals surface area (Å²) in [6.45, 7) is 18.3. The van der Waals surface area contributed by atoms with E-state index in [1.807, 2.05) is 0 Å². The topological polar surface area (TPSA) is 198 Å². The Kier molecular flexibility index (Phi) is 21.0. The van der Waals surface area contributed by atoms with Gasteiger partial charge in [-0.2, -0.15) is 0 Å². The third-order valence-corrected chi connectivity index (χ3v) is 5.63. The van der Waals surface area contributed by atoms with Gasteiger partial charge < -0.3 is 35.5 Å². The van der Waals surface area contributed by atoms with E-state index in [0.29, 0.717) is 51.7 Å². The van der Waals surface area contributed by atoms with Crippen molar-refractivity contribution < 1.29 is 42.6 Å². The van der Waals surface area contributed by atoms with Crippen molar-refractivity contribution in [2.75, 3.05) is 39.3 Å². The molecule has 0 aliphatic heterocycles. The van der Waals surface area contributed by atoms with E-state index in [0.717, 1.165) is 12.8 Å². The number of nitrogens with one attached hydrogen (secondary N) is 6. The zero-order valence-corrected chi connectivity index (χ0v) is 30.4. The number of hydrogen-bond donors (Lipinski definition) is 6. The first-order valence-corrected chi connectivity index (χ1v) is 16.6. The lowest BCUT2D eigenvalue weighted by Gasteiger charge is -2.22. The molecule has 0 radical (unpaired) electrons. The molecule has 0 spiro atoms. The molecule has 0 fully saturated rings. The normalized spacial score (nSPS) is 12.2. The average Bonchev–Trinajstić information content (AvgIpc) is 2.91. The van der Waals surface area contributed by atoms with Crippen molar-refractivity contribution >= 4 is 36.1 Å². The number of unbranched alkanes of at least 4 members (excludes halogenated alkanes) is 4. The average molecular weight is 690 g/mol. The summed E-state index contributed by atoms with van der Waals surface area (Å²) in [7, 11) is 0. The monoisotopic (exact) mass is 689 g/mol. The molecule has 0 aromatic heterocycles. The molecule has 16 heteroatoms. The fraction of sp³-hybridized carbons (Fsp3) is 0.812. The van der Waals surface area contributed by atoms with E-state index < -0.39 is 53.1 Å². The zero-order valence-electron chi connectivity index (χ0n) is 30.4. The first-order chi connectivity index (χ1) is 22.2. The Morgan fingerprint density at radius 1 is 0.542 bits per heavy atom. The molecule has 48 heavy (non-hydrogen) atoms. The van der Waals surface area contributed by atoms with Crippen LogP contribution in [0.1, 0.15) is 107 Å². The summed E-state index contributed by atoms with van der Waals surface area (Å²) >= 11 is 0. The minimum Gasteiger partial charge on any atom is -0.444 e. The molecule has 0 rings (SSSR count). The standard InChI is InChI=1S/C32H60FN7O8/c1-30(2,3)46-27(43)38-22-16-18-34-17-14-15-20-36-25(42)23(33)24(41)35-19-12-10-11-13-21-37-26(39-28(44)47-31(4,5)6)40-29(45)48-32(7,8)9/h23,34H,10-22H2,1-9H3,(H,35,41)(H,36,42)(H,38,43)(H2,37,39,40,44,45). The number of alkyl halides is 1. The van der Waals surface area contributed by atoms with Crippen LogP contribution >= 0.6 is 0 Å². The predicted molar refractivity (Wildman–Crippen MR) is 181 cm³/mol. The number of aliphatic imine (C=N–C) groups is 1. The molecule has 5 amide bonds. The van der Waals surface area contributed by atoms with Gasteiger partial charge in [-0.25, -0.2) is 18.8 Å². The van der Waals surface area contributed by atoms with Crippen molar-refractivity contribution in [1.29, 1.82) is 0 Å². The number of carbonyl (C=O) groups excluding carboxylic acids is 5. The number of guanidine groups is 1. The van der Waals surface area contributed by atoms with Gasteiger partial charge in [-0.1, -0.05) is 12.8 Å². The van der Waals surface area contributed by atoms with Crippen molar-refractivity contribution in [2.45, 2.75) is 130 Å². The van der Waals surface area contributed by atoms with Crippen LogP contribution in [-0.2, 0) is 23.8 Å². The van der Waals surface area contributed by atoms with E-state index in [1.54, 1.807) is 62.3 Å². The minimum absolute atomic E-state index is 0.101. The van der Waals surface area contributed by atoms with E-state index >= 15 is 0 Å². The predicted octanol–water partition coefficient (Wildman–Crippen LogP) is 3.81. The van der Waals surface area contributed by atoms with Crippen LogP contribution in [0.15, 0.2) is 4.99 Å². The highest BCUT2D eigenvalue weighted by atomic mass is 19.1. The summed E-state index contributed by atoms with van der Waals surface area (Å²) in [5.74, 6) is -2.05. The first kappa shape index (κ1) is 44.3. The van der Waals surface area contributed by atoms with Gasteiger partial charge in [0.1, 0.15) is 16.8 Å². The second-order valence-corrected chi connectivity index (χ2v) is 14.1. The van der Waals surface area contributed by atoms with E-state index in [2.05, 4.69) is 36.9 Å². The van der Waals surface area contributed by atoms with Gasteiger partial charge in [-0.3, -0.25) is 25.2 Å². The molecule has 0 bridgehead atoms. The lowest BCUT2D eigenvalue weighted by molar-refractivity contribution is -0.136. The zero-order chi connectivity index (χ0) is 36.8. The smallest absolute Gasteiger partial charge is 0.414 e. The van der Waals surface area contributed by atoms with E-state index in [4.69, 9.17) is 14.2 Å². The highest BCUT2D eigenvalue weighted by Gasteiger charge is 2.25. The number of carbonyl (C=O) groups is 5. The summed E-state index contributed by atoms with van der Waals surface area (Å²) in [5.41, 5.74) is -2.02. The van der Waals surface area contributed by atoms with Crippen molar-refractivity contribution in [3.8, 4) is 0 Å². The number of hydrogen-bond acceptors (Lipinski definition) is 10. The molecule has 15 nitrogen and oxygen atoms in total. The summed E-state index contributed by atoms with van der Waals surface area (Å²) < 4.78 is 29.8. The van der Waals surface area contributed by atoms with Gasteiger partial charge in [-0.05, 0) is 108 Å². The maximum Gasteiger partial charge on any atom is 0.414 e. The Bertz CT molecular complexity index is 1000. The van der Waals surface area contributed by atoms with E-state index in [1.165, 1.54) is 0 Å². The van der Waals surface area contributed by atoms with Crippen LogP contribution < -0.4 is 31.9 Å². The summed E-state index contributed by atoms with van der Waals surface area (Å²) in [4.78, 5) is 64.1. The lowest BCUT2D eigenvalue weighted by Crippen LogP contribution is -2.47. The van der Waals surface area contributed by atoms with Gasteiger partial charge in [0.25, 0.3) is 18.0 Å². The van der Waals surface area contributed by atoms with Crippen molar-refractivity contribution in [3.05, 3.63) is 0 Å². The van der Waals surface area contributed by atoms with Gasteiger partial charge in [0.15, 0.2) is 0 Å². The molecule has 1 unspecified atom stereocenters. The van der Waals surface area contributed by atoms with Crippen LogP contribution in [0.5, 0.6) is 0 Å². The molecule has 6 N–H and O–H groups in total. The van der Waals surface area contributed by atoms with Gasteiger partial charge in [0.05, 0.1) is 0 Å². The summed E-state index contributed by atoms with van der Waals surface area (Å²) in [6, 6.07) is 0. The van der Waals surface area contributed by atoms with Crippen molar-refractivity contribution in [1.82, 2.24) is 31.9 Å². The molecule has 0 aromatic carbocycles. The van der Waals surface area contributed by atoms with Crippen LogP contribution in [0.3, 0.4) is 0 Å². The Balaban J connectivity index is 4.16. The quantitative estimate of drug-likeness (QED) is 0.0408. The number of rotatable bonds is 18. The number of amides is 5. The highest BCUT2D eigenvalue weighted by molar-refractivity contribution is 6.03. The van der Waals surface area contributed by atoms with Crippen LogP contribution in [0.2, 0.25) is 0 Å². The molecule has 0 aliphatic rings. The molecule has 0 aromatic rings. The van der Waals surface area contributed by atoms with E-state index in [-0.39, 0.29) is 25.6 Å². The SMILES string of the molecule is CC(C)(C)OC(=O)NCCCNCCCCNC(=O)C(F)C(=O)NCCCCCCN=C(NC(=O)OC(C)(C)C)NC(=O)OC(C)(C)C. The molecule has 0 saturated carbocycles. The molecule has 0 saturated heterocycles. The fourth-order valence-electron chi connectivity index (χ4n) is 3.63.